The molecular weight excluding hydrogens is 276 g/mol. The van der Waals surface area contributed by atoms with Crippen LogP contribution in [0.3, 0.4) is 0 Å². The molecule has 3 rings (SSSR count). The van der Waals surface area contributed by atoms with E-state index in [2.05, 4.69) is 52.9 Å². The molecule has 0 aliphatic carbocycles. The summed E-state index contributed by atoms with van der Waals surface area (Å²) in [6.07, 6.45) is 6.03. The van der Waals surface area contributed by atoms with Crippen LogP contribution in [0.5, 0.6) is 0 Å². The molecule has 0 unspecified atom stereocenters. The van der Waals surface area contributed by atoms with Crippen molar-refractivity contribution in [2.45, 2.75) is 51.5 Å². The highest BCUT2D eigenvalue weighted by Crippen LogP contribution is 2.31. The SMILES string of the molecule is CC(C)c1nc([C@@H]2CCCN([C@H](C)c3ccncc3)C2)no1. The summed E-state index contributed by atoms with van der Waals surface area (Å²) in [5.74, 6) is 2.27. The van der Waals surface area contributed by atoms with Crippen LogP contribution in [0.4, 0.5) is 0 Å². The highest BCUT2D eigenvalue weighted by molar-refractivity contribution is 5.15. The number of hydrogen-bond acceptors (Lipinski definition) is 5. The molecule has 0 aromatic carbocycles. The predicted molar refractivity (Wildman–Crippen MR) is 84.6 cm³/mol. The van der Waals surface area contributed by atoms with Gasteiger partial charge in [-0.3, -0.25) is 9.88 Å². The first-order valence-electron chi connectivity index (χ1n) is 8.12. The number of piperidine rings is 1. The van der Waals surface area contributed by atoms with E-state index >= 15 is 0 Å². The van der Waals surface area contributed by atoms with Crippen LogP contribution in [0, 0.1) is 0 Å². The molecule has 5 heteroatoms. The first-order valence-corrected chi connectivity index (χ1v) is 8.12. The van der Waals surface area contributed by atoms with E-state index in [0.29, 0.717) is 12.0 Å². The lowest BCUT2D eigenvalue weighted by molar-refractivity contribution is 0.154. The molecule has 0 radical (unpaired) electrons. The molecule has 2 aromatic heterocycles. The number of hydrogen-bond donors (Lipinski definition) is 0. The third-order valence-electron chi connectivity index (χ3n) is 4.51. The van der Waals surface area contributed by atoms with E-state index in [1.54, 1.807) is 0 Å². The number of pyridine rings is 1. The molecule has 0 amide bonds. The summed E-state index contributed by atoms with van der Waals surface area (Å²) in [5.41, 5.74) is 1.31. The minimum Gasteiger partial charge on any atom is -0.339 e. The van der Waals surface area contributed by atoms with Crippen LogP contribution in [0.15, 0.2) is 29.0 Å². The maximum atomic E-state index is 5.37. The lowest BCUT2D eigenvalue weighted by atomic mass is 9.95. The molecule has 1 aliphatic heterocycles. The van der Waals surface area contributed by atoms with Crippen LogP contribution >= 0.6 is 0 Å². The zero-order chi connectivity index (χ0) is 15.5. The molecule has 0 N–H and O–H groups in total. The maximum absolute atomic E-state index is 5.37. The second-order valence-corrected chi connectivity index (χ2v) is 6.44. The van der Waals surface area contributed by atoms with Crippen LogP contribution in [-0.2, 0) is 0 Å². The van der Waals surface area contributed by atoms with Gasteiger partial charge in [-0.05, 0) is 44.0 Å². The van der Waals surface area contributed by atoms with E-state index in [1.165, 1.54) is 12.0 Å². The Bertz CT molecular complexity index is 596. The van der Waals surface area contributed by atoms with Crippen LogP contribution in [-0.4, -0.2) is 33.1 Å². The van der Waals surface area contributed by atoms with Crippen molar-refractivity contribution in [1.82, 2.24) is 20.0 Å². The van der Waals surface area contributed by atoms with Gasteiger partial charge in [0.05, 0.1) is 0 Å². The van der Waals surface area contributed by atoms with Crippen molar-refractivity contribution >= 4 is 0 Å². The van der Waals surface area contributed by atoms with Crippen molar-refractivity contribution in [3.8, 4) is 0 Å². The van der Waals surface area contributed by atoms with Gasteiger partial charge in [-0.1, -0.05) is 19.0 Å². The molecule has 5 nitrogen and oxygen atoms in total. The van der Waals surface area contributed by atoms with Crippen molar-refractivity contribution in [2.75, 3.05) is 13.1 Å². The van der Waals surface area contributed by atoms with Gasteiger partial charge in [0.2, 0.25) is 5.89 Å². The van der Waals surface area contributed by atoms with Crippen LogP contribution in [0.2, 0.25) is 0 Å². The Morgan fingerprint density at radius 3 is 2.68 bits per heavy atom. The quantitative estimate of drug-likeness (QED) is 0.864. The standard InChI is InChI=1S/C17H24N4O/c1-12(2)17-19-16(20-22-17)15-5-4-10-21(11-15)13(3)14-6-8-18-9-7-14/h6-9,12-13,15H,4-5,10-11H2,1-3H3/t13-,15-/m1/s1. The molecule has 3 heterocycles. The van der Waals surface area contributed by atoms with E-state index < -0.39 is 0 Å². The second-order valence-electron chi connectivity index (χ2n) is 6.44. The van der Waals surface area contributed by atoms with Crippen LogP contribution in [0.1, 0.15) is 68.8 Å². The van der Waals surface area contributed by atoms with Gasteiger partial charge in [0.15, 0.2) is 5.82 Å². The molecule has 1 aliphatic rings. The average molecular weight is 300 g/mol. The fourth-order valence-corrected chi connectivity index (χ4v) is 3.07. The first-order chi connectivity index (χ1) is 10.6. The highest BCUT2D eigenvalue weighted by Gasteiger charge is 2.28. The Balaban J connectivity index is 1.71. The van der Waals surface area contributed by atoms with Gasteiger partial charge < -0.3 is 4.52 Å². The lowest BCUT2D eigenvalue weighted by Gasteiger charge is -2.35. The summed E-state index contributed by atoms with van der Waals surface area (Å²) < 4.78 is 5.37. The molecule has 0 bridgehead atoms. The summed E-state index contributed by atoms with van der Waals surface area (Å²) in [6, 6.07) is 4.58. The van der Waals surface area contributed by atoms with Crippen LogP contribution < -0.4 is 0 Å². The number of aromatic nitrogens is 3. The molecular formula is C17H24N4O. The van der Waals surface area contributed by atoms with E-state index in [4.69, 9.17) is 4.52 Å². The molecule has 1 saturated heterocycles. The molecule has 0 saturated carbocycles. The number of rotatable bonds is 4. The summed E-state index contributed by atoms with van der Waals surface area (Å²) in [5, 5.41) is 4.20. The second kappa shape index (κ2) is 6.57. The first kappa shape index (κ1) is 15.2. The van der Waals surface area contributed by atoms with Crippen molar-refractivity contribution in [3.63, 3.8) is 0 Å². The van der Waals surface area contributed by atoms with E-state index in [-0.39, 0.29) is 5.92 Å². The topological polar surface area (TPSA) is 55.1 Å². The van der Waals surface area contributed by atoms with E-state index in [1.807, 2.05) is 12.4 Å². The van der Waals surface area contributed by atoms with Crippen molar-refractivity contribution in [3.05, 3.63) is 41.8 Å². The van der Waals surface area contributed by atoms with Crippen molar-refractivity contribution < 1.29 is 4.52 Å². The molecule has 0 spiro atoms. The van der Waals surface area contributed by atoms with Gasteiger partial charge in [-0.25, -0.2) is 0 Å². The van der Waals surface area contributed by atoms with Gasteiger partial charge >= 0.3 is 0 Å². The number of nitrogens with zero attached hydrogens (tertiary/aromatic N) is 4. The molecule has 2 aromatic rings. The van der Waals surface area contributed by atoms with E-state index in [9.17, 15) is 0 Å². The smallest absolute Gasteiger partial charge is 0.229 e. The fraction of sp³-hybridized carbons (Fsp3) is 0.588. The molecule has 22 heavy (non-hydrogen) atoms. The number of likely N-dealkylation sites (tertiary alicyclic amines) is 1. The minimum atomic E-state index is 0.289. The van der Waals surface area contributed by atoms with Crippen molar-refractivity contribution in [1.29, 1.82) is 0 Å². The fourth-order valence-electron chi connectivity index (χ4n) is 3.07. The minimum absolute atomic E-state index is 0.289. The van der Waals surface area contributed by atoms with E-state index in [0.717, 1.165) is 31.2 Å². The third kappa shape index (κ3) is 3.19. The predicted octanol–water partition coefficient (Wildman–Crippen LogP) is 3.53. The summed E-state index contributed by atoms with van der Waals surface area (Å²) >= 11 is 0. The van der Waals surface area contributed by atoms with Gasteiger partial charge in [-0.2, -0.15) is 4.98 Å². The largest absolute Gasteiger partial charge is 0.339 e. The molecule has 2 atom stereocenters. The van der Waals surface area contributed by atoms with Gasteiger partial charge in [0, 0.05) is 36.8 Å². The lowest BCUT2D eigenvalue weighted by Crippen LogP contribution is -2.36. The van der Waals surface area contributed by atoms with Crippen molar-refractivity contribution in [2.24, 2.45) is 0 Å². The Labute approximate surface area is 131 Å². The highest BCUT2D eigenvalue weighted by atomic mass is 16.5. The normalized spacial score (nSPS) is 21.2. The summed E-state index contributed by atoms with van der Waals surface area (Å²) in [6.45, 7) is 8.52. The molecule has 1 fully saturated rings. The van der Waals surface area contributed by atoms with Gasteiger partial charge in [0.25, 0.3) is 0 Å². The zero-order valence-corrected chi connectivity index (χ0v) is 13.6. The molecule has 118 valence electrons. The van der Waals surface area contributed by atoms with Crippen LogP contribution in [0.25, 0.3) is 0 Å². The Morgan fingerprint density at radius 2 is 2.00 bits per heavy atom. The maximum Gasteiger partial charge on any atom is 0.229 e. The summed E-state index contributed by atoms with van der Waals surface area (Å²) in [7, 11) is 0. The average Bonchev–Trinajstić information content (AvgIpc) is 3.05. The Kier molecular flexibility index (Phi) is 4.52. The monoisotopic (exact) mass is 300 g/mol. The van der Waals surface area contributed by atoms with Gasteiger partial charge in [0.1, 0.15) is 0 Å². The zero-order valence-electron chi connectivity index (χ0n) is 13.6. The Morgan fingerprint density at radius 1 is 1.23 bits per heavy atom. The van der Waals surface area contributed by atoms with Gasteiger partial charge in [-0.15, -0.1) is 0 Å². The Hall–Kier alpha value is -1.75. The summed E-state index contributed by atoms with van der Waals surface area (Å²) in [4.78, 5) is 11.2. The third-order valence-corrected chi connectivity index (χ3v) is 4.51.